The van der Waals surface area contributed by atoms with Crippen LogP contribution in [0.4, 0.5) is 0 Å². The van der Waals surface area contributed by atoms with Gasteiger partial charge in [0.2, 0.25) is 5.91 Å². The van der Waals surface area contributed by atoms with Gasteiger partial charge >= 0.3 is 0 Å². The van der Waals surface area contributed by atoms with Gasteiger partial charge in [-0.05, 0) is 37.0 Å². The summed E-state index contributed by atoms with van der Waals surface area (Å²) >= 11 is 0. The van der Waals surface area contributed by atoms with Gasteiger partial charge in [-0.2, -0.15) is 0 Å². The molecule has 1 N–H and O–H groups in total. The summed E-state index contributed by atoms with van der Waals surface area (Å²) in [6.07, 6.45) is 4.63. The molecule has 2 rings (SSSR count). The lowest BCUT2D eigenvalue weighted by Gasteiger charge is -2.38. The zero-order valence-corrected chi connectivity index (χ0v) is 14.2. The molecule has 1 saturated carbocycles. The molecular formula is C17H32N2O2. The second-order valence-electron chi connectivity index (χ2n) is 7.83. The molecule has 1 unspecified atom stereocenters. The lowest BCUT2D eigenvalue weighted by molar-refractivity contribution is -0.138. The highest BCUT2D eigenvalue weighted by Gasteiger charge is 2.33. The first kappa shape index (κ1) is 16.8. The number of morpholine rings is 1. The molecule has 1 saturated heterocycles. The van der Waals surface area contributed by atoms with Crippen molar-refractivity contribution in [1.29, 1.82) is 0 Å². The van der Waals surface area contributed by atoms with Crippen molar-refractivity contribution >= 4 is 5.91 Å². The Morgan fingerprint density at radius 2 is 1.90 bits per heavy atom. The summed E-state index contributed by atoms with van der Waals surface area (Å²) in [6, 6.07) is 0. The van der Waals surface area contributed by atoms with Gasteiger partial charge in [-0.25, -0.2) is 0 Å². The van der Waals surface area contributed by atoms with Gasteiger partial charge in [0, 0.05) is 32.6 Å². The van der Waals surface area contributed by atoms with Gasteiger partial charge in [-0.1, -0.05) is 20.8 Å². The lowest BCUT2D eigenvalue weighted by atomic mass is 9.69. The largest absolute Gasteiger partial charge is 0.374 e. The highest BCUT2D eigenvalue weighted by molar-refractivity contribution is 5.78. The minimum atomic E-state index is 0.151. The summed E-state index contributed by atoms with van der Waals surface area (Å²) in [5.41, 5.74) is 0.377. The fourth-order valence-electron chi connectivity index (χ4n) is 3.65. The summed E-state index contributed by atoms with van der Waals surface area (Å²) in [5, 5.41) is 3.32. The number of carbonyl (C=O) groups excluding carboxylic acids is 1. The molecule has 1 aliphatic carbocycles. The van der Waals surface area contributed by atoms with Crippen LogP contribution in [0.2, 0.25) is 0 Å². The molecule has 0 radical (unpaired) electrons. The number of hydrogen-bond acceptors (Lipinski definition) is 3. The standard InChI is InChI=1S/C17H32N2O2/c1-17(2,3)14-7-5-13(6-8-14)16(20)19(4)12-15-11-18-9-10-21-15/h13-15,18H,5-12H2,1-4H3. The van der Waals surface area contributed by atoms with Gasteiger partial charge < -0.3 is 15.0 Å². The van der Waals surface area contributed by atoms with E-state index < -0.39 is 0 Å². The van der Waals surface area contributed by atoms with Crippen molar-refractivity contribution in [2.24, 2.45) is 17.3 Å². The molecule has 1 heterocycles. The average Bonchev–Trinajstić information content (AvgIpc) is 2.46. The van der Waals surface area contributed by atoms with Gasteiger partial charge in [0.25, 0.3) is 0 Å². The third-order valence-corrected chi connectivity index (χ3v) is 5.16. The fraction of sp³-hybridized carbons (Fsp3) is 0.941. The van der Waals surface area contributed by atoms with E-state index in [9.17, 15) is 4.79 Å². The molecule has 1 aliphatic heterocycles. The number of hydrogen-bond donors (Lipinski definition) is 1. The first-order valence-corrected chi connectivity index (χ1v) is 8.45. The lowest BCUT2D eigenvalue weighted by Crippen LogP contribution is -2.47. The van der Waals surface area contributed by atoms with Gasteiger partial charge in [-0.3, -0.25) is 4.79 Å². The Bertz CT molecular complexity index is 337. The quantitative estimate of drug-likeness (QED) is 0.869. The summed E-state index contributed by atoms with van der Waals surface area (Å²) in [6.45, 7) is 10.2. The number of nitrogens with one attached hydrogen (secondary N) is 1. The molecule has 1 amide bonds. The average molecular weight is 296 g/mol. The molecular weight excluding hydrogens is 264 g/mol. The first-order valence-electron chi connectivity index (χ1n) is 8.45. The molecule has 2 aliphatic rings. The fourth-order valence-corrected chi connectivity index (χ4v) is 3.65. The SMILES string of the molecule is CN(CC1CNCCO1)C(=O)C1CCC(C(C)(C)C)CC1. The van der Waals surface area contributed by atoms with Crippen molar-refractivity contribution in [1.82, 2.24) is 10.2 Å². The highest BCUT2D eigenvalue weighted by atomic mass is 16.5. The zero-order chi connectivity index (χ0) is 15.5. The van der Waals surface area contributed by atoms with E-state index in [0.717, 1.165) is 38.5 Å². The van der Waals surface area contributed by atoms with E-state index in [0.29, 0.717) is 17.9 Å². The van der Waals surface area contributed by atoms with Crippen LogP contribution in [-0.4, -0.2) is 50.2 Å². The summed E-state index contributed by atoms with van der Waals surface area (Å²) < 4.78 is 5.69. The maximum absolute atomic E-state index is 12.6. The summed E-state index contributed by atoms with van der Waals surface area (Å²) in [5.74, 6) is 1.31. The topological polar surface area (TPSA) is 41.6 Å². The maximum Gasteiger partial charge on any atom is 0.225 e. The van der Waals surface area contributed by atoms with Crippen molar-refractivity contribution in [3.8, 4) is 0 Å². The van der Waals surface area contributed by atoms with Gasteiger partial charge in [0.15, 0.2) is 0 Å². The summed E-state index contributed by atoms with van der Waals surface area (Å²) in [7, 11) is 1.93. The zero-order valence-electron chi connectivity index (χ0n) is 14.2. The number of likely N-dealkylation sites (N-methyl/N-ethyl adjacent to an activating group) is 1. The monoisotopic (exact) mass is 296 g/mol. The molecule has 122 valence electrons. The van der Waals surface area contributed by atoms with E-state index in [4.69, 9.17) is 4.74 Å². The van der Waals surface area contributed by atoms with Gasteiger partial charge in [-0.15, -0.1) is 0 Å². The third-order valence-electron chi connectivity index (χ3n) is 5.16. The molecule has 4 heteroatoms. The Kier molecular flexibility index (Phi) is 5.67. The Morgan fingerprint density at radius 3 is 2.43 bits per heavy atom. The van der Waals surface area contributed by atoms with E-state index in [-0.39, 0.29) is 12.0 Å². The van der Waals surface area contributed by atoms with E-state index in [2.05, 4.69) is 26.1 Å². The Labute approximate surface area is 129 Å². The first-order chi connectivity index (χ1) is 9.88. The number of amides is 1. The molecule has 0 spiro atoms. The van der Waals surface area contributed by atoms with Crippen LogP contribution in [0.15, 0.2) is 0 Å². The van der Waals surface area contributed by atoms with Crippen LogP contribution >= 0.6 is 0 Å². The Balaban J connectivity index is 1.78. The van der Waals surface area contributed by atoms with E-state index >= 15 is 0 Å². The third kappa shape index (κ3) is 4.68. The van der Waals surface area contributed by atoms with Crippen LogP contribution < -0.4 is 5.32 Å². The van der Waals surface area contributed by atoms with Crippen molar-refractivity contribution in [2.75, 3.05) is 33.3 Å². The van der Waals surface area contributed by atoms with Crippen LogP contribution in [0.1, 0.15) is 46.5 Å². The smallest absolute Gasteiger partial charge is 0.225 e. The number of ether oxygens (including phenoxy) is 1. The second-order valence-corrected chi connectivity index (χ2v) is 7.83. The Morgan fingerprint density at radius 1 is 1.24 bits per heavy atom. The van der Waals surface area contributed by atoms with Crippen molar-refractivity contribution in [2.45, 2.75) is 52.6 Å². The minimum Gasteiger partial charge on any atom is -0.374 e. The molecule has 0 bridgehead atoms. The maximum atomic E-state index is 12.6. The van der Waals surface area contributed by atoms with Crippen LogP contribution in [-0.2, 0) is 9.53 Å². The van der Waals surface area contributed by atoms with E-state index in [1.807, 2.05) is 11.9 Å². The molecule has 0 aromatic rings. The van der Waals surface area contributed by atoms with E-state index in [1.54, 1.807) is 0 Å². The minimum absolute atomic E-state index is 0.151. The number of rotatable bonds is 3. The van der Waals surface area contributed by atoms with Crippen LogP contribution in [0, 0.1) is 17.3 Å². The normalized spacial score (nSPS) is 31.0. The Hall–Kier alpha value is -0.610. The molecule has 21 heavy (non-hydrogen) atoms. The van der Waals surface area contributed by atoms with Crippen LogP contribution in [0.5, 0.6) is 0 Å². The molecule has 0 aromatic heterocycles. The number of carbonyl (C=O) groups is 1. The molecule has 1 atom stereocenters. The molecule has 2 fully saturated rings. The van der Waals surface area contributed by atoms with Crippen LogP contribution in [0.3, 0.4) is 0 Å². The van der Waals surface area contributed by atoms with Crippen LogP contribution in [0.25, 0.3) is 0 Å². The number of nitrogens with zero attached hydrogens (tertiary/aromatic N) is 1. The molecule has 4 nitrogen and oxygen atoms in total. The summed E-state index contributed by atoms with van der Waals surface area (Å²) in [4.78, 5) is 14.5. The van der Waals surface area contributed by atoms with Crippen molar-refractivity contribution in [3.63, 3.8) is 0 Å². The van der Waals surface area contributed by atoms with Crippen molar-refractivity contribution in [3.05, 3.63) is 0 Å². The predicted molar refractivity (Wildman–Crippen MR) is 85.1 cm³/mol. The van der Waals surface area contributed by atoms with Gasteiger partial charge in [0.05, 0.1) is 12.7 Å². The molecule has 0 aromatic carbocycles. The predicted octanol–water partition coefficient (Wildman–Crippen LogP) is 2.29. The highest BCUT2D eigenvalue weighted by Crippen LogP contribution is 2.40. The second kappa shape index (κ2) is 7.10. The van der Waals surface area contributed by atoms with E-state index in [1.165, 1.54) is 12.8 Å². The van der Waals surface area contributed by atoms with Gasteiger partial charge in [0.1, 0.15) is 0 Å². The van der Waals surface area contributed by atoms with Crippen molar-refractivity contribution < 1.29 is 9.53 Å².